The molecule has 1 aromatic carbocycles. The van der Waals surface area contributed by atoms with E-state index in [2.05, 4.69) is 15.6 Å². The second-order valence-corrected chi connectivity index (χ2v) is 5.45. The molecular formula is C16H16N4O3. The second-order valence-electron chi connectivity index (χ2n) is 5.45. The molecule has 2 aromatic rings. The minimum absolute atomic E-state index is 0.0755. The van der Waals surface area contributed by atoms with Gasteiger partial charge in [0.15, 0.2) is 0 Å². The number of hydrogen-bond acceptors (Lipinski definition) is 5. The van der Waals surface area contributed by atoms with E-state index in [1.54, 1.807) is 36.7 Å². The molecule has 118 valence electrons. The van der Waals surface area contributed by atoms with E-state index in [0.717, 1.165) is 18.4 Å². The van der Waals surface area contributed by atoms with Crippen molar-refractivity contribution in [1.29, 1.82) is 0 Å². The molecule has 1 amide bonds. The first-order valence-electron chi connectivity index (χ1n) is 7.35. The summed E-state index contributed by atoms with van der Waals surface area (Å²) in [7, 11) is 0. The lowest BCUT2D eigenvalue weighted by Crippen LogP contribution is -2.23. The zero-order valence-electron chi connectivity index (χ0n) is 12.4. The minimum Gasteiger partial charge on any atom is -0.377 e. The van der Waals surface area contributed by atoms with Crippen LogP contribution in [0.3, 0.4) is 0 Å². The van der Waals surface area contributed by atoms with Gasteiger partial charge in [0.1, 0.15) is 5.69 Å². The highest BCUT2D eigenvalue weighted by Gasteiger charge is 2.25. The van der Waals surface area contributed by atoms with Crippen molar-refractivity contribution in [2.45, 2.75) is 25.4 Å². The van der Waals surface area contributed by atoms with Crippen LogP contribution in [0.4, 0.5) is 11.4 Å². The number of nitro benzene ring substituents is 1. The van der Waals surface area contributed by atoms with E-state index in [1.807, 2.05) is 0 Å². The van der Waals surface area contributed by atoms with Gasteiger partial charge in [-0.25, -0.2) is 0 Å². The van der Waals surface area contributed by atoms with Gasteiger partial charge >= 0.3 is 0 Å². The topological polar surface area (TPSA) is 97.2 Å². The van der Waals surface area contributed by atoms with E-state index >= 15 is 0 Å². The third-order valence-electron chi connectivity index (χ3n) is 3.60. The number of pyridine rings is 1. The SMILES string of the molecule is O=C(NCc1ccncc1)c1ccc(NC2CC2)c([N+](=O)[O-])c1. The minimum atomic E-state index is -0.468. The molecule has 0 aliphatic heterocycles. The van der Waals surface area contributed by atoms with Crippen molar-refractivity contribution in [1.82, 2.24) is 10.3 Å². The molecule has 1 aromatic heterocycles. The molecule has 7 heteroatoms. The second kappa shape index (κ2) is 6.43. The molecule has 23 heavy (non-hydrogen) atoms. The summed E-state index contributed by atoms with van der Waals surface area (Å²) in [4.78, 5) is 26.8. The lowest BCUT2D eigenvalue weighted by Gasteiger charge is -2.08. The van der Waals surface area contributed by atoms with Gasteiger partial charge in [0.05, 0.1) is 4.92 Å². The Morgan fingerprint density at radius 1 is 1.26 bits per heavy atom. The van der Waals surface area contributed by atoms with Crippen molar-refractivity contribution >= 4 is 17.3 Å². The van der Waals surface area contributed by atoms with Gasteiger partial charge in [0.25, 0.3) is 11.6 Å². The molecule has 0 saturated heterocycles. The lowest BCUT2D eigenvalue weighted by molar-refractivity contribution is -0.384. The Morgan fingerprint density at radius 2 is 2.00 bits per heavy atom. The van der Waals surface area contributed by atoms with E-state index in [1.165, 1.54) is 6.07 Å². The van der Waals surface area contributed by atoms with Crippen LogP contribution in [0.2, 0.25) is 0 Å². The van der Waals surface area contributed by atoms with Gasteiger partial charge < -0.3 is 10.6 Å². The molecule has 3 rings (SSSR count). The van der Waals surface area contributed by atoms with Crippen LogP contribution in [0.25, 0.3) is 0 Å². The van der Waals surface area contributed by atoms with Crippen molar-refractivity contribution in [3.05, 3.63) is 64.0 Å². The number of nitro groups is 1. The molecular weight excluding hydrogens is 296 g/mol. The van der Waals surface area contributed by atoms with Crippen molar-refractivity contribution < 1.29 is 9.72 Å². The van der Waals surface area contributed by atoms with Crippen molar-refractivity contribution in [3.8, 4) is 0 Å². The Kier molecular flexibility index (Phi) is 4.18. The maximum Gasteiger partial charge on any atom is 0.293 e. The molecule has 7 nitrogen and oxygen atoms in total. The average Bonchev–Trinajstić information content (AvgIpc) is 3.37. The number of carbonyl (C=O) groups excluding carboxylic acids is 1. The number of amides is 1. The Labute approximate surface area is 132 Å². The van der Waals surface area contributed by atoms with Gasteiger partial charge in [-0.2, -0.15) is 0 Å². The van der Waals surface area contributed by atoms with Crippen LogP contribution in [-0.2, 0) is 6.54 Å². The van der Waals surface area contributed by atoms with Crippen LogP contribution < -0.4 is 10.6 Å². The van der Waals surface area contributed by atoms with Gasteiger partial charge in [0, 0.05) is 36.6 Å². The smallest absolute Gasteiger partial charge is 0.293 e. The molecule has 0 spiro atoms. The zero-order valence-corrected chi connectivity index (χ0v) is 12.4. The fourth-order valence-corrected chi connectivity index (χ4v) is 2.18. The molecule has 0 radical (unpaired) electrons. The van der Waals surface area contributed by atoms with Crippen LogP contribution in [0, 0.1) is 10.1 Å². The predicted molar refractivity (Wildman–Crippen MR) is 85.1 cm³/mol. The van der Waals surface area contributed by atoms with Crippen LogP contribution in [0.1, 0.15) is 28.8 Å². The fraction of sp³-hybridized carbons (Fsp3) is 0.250. The first-order chi connectivity index (χ1) is 11.1. The molecule has 0 bridgehead atoms. The third kappa shape index (κ3) is 3.82. The number of benzene rings is 1. The highest BCUT2D eigenvalue weighted by molar-refractivity contribution is 5.95. The number of carbonyl (C=O) groups is 1. The summed E-state index contributed by atoms with van der Waals surface area (Å²) < 4.78 is 0. The van der Waals surface area contributed by atoms with Crippen molar-refractivity contribution in [2.24, 2.45) is 0 Å². The van der Waals surface area contributed by atoms with Gasteiger partial charge in [0.2, 0.25) is 0 Å². The third-order valence-corrected chi connectivity index (χ3v) is 3.60. The molecule has 1 heterocycles. The number of nitrogens with zero attached hydrogens (tertiary/aromatic N) is 2. The van der Waals surface area contributed by atoms with E-state index in [0.29, 0.717) is 18.3 Å². The summed E-state index contributed by atoms with van der Waals surface area (Å²) in [5.74, 6) is -0.345. The lowest BCUT2D eigenvalue weighted by atomic mass is 10.1. The Balaban J connectivity index is 1.72. The van der Waals surface area contributed by atoms with Crippen LogP contribution in [0.5, 0.6) is 0 Å². The largest absolute Gasteiger partial charge is 0.377 e. The molecule has 1 saturated carbocycles. The first-order valence-corrected chi connectivity index (χ1v) is 7.35. The van der Waals surface area contributed by atoms with E-state index < -0.39 is 4.92 Å². The van der Waals surface area contributed by atoms with Crippen LogP contribution in [0.15, 0.2) is 42.7 Å². The molecule has 1 fully saturated rings. The van der Waals surface area contributed by atoms with Gasteiger partial charge in [-0.3, -0.25) is 19.9 Å². The number of rotatable bonds is 6. The quantitative estimate of drug-likeness (QED) is 0.631. The number of hydrogen-bond donors (Lipinski definition) is 2. The van der Waals surface area contributed by atoms with Crippen molar-refractivity contribution in [3.63, 3.8) is 0 Å². The van der Waals surface area contributed by atoms with E-state index in [9.17, 15) is 14.9 Å². The van der Waals surface area contributed by atoms with Crippen molar-refractivity contribution in [2.75, 3.05) is 5.32 Å². The molecule has 0 atom stereocenters. The maximum absolute atomic E-state index is 12.2. The Hall–Kier alpha value is -2.96. The summed E-state index contributed by atoms with van der Waals surface area (Å²) in [5, 5.41) is 17.1. The predicted octanol–water partition coefficient (Wildman–Crippen LogP) is 2.49. The number of nitrogens with one attached hydrogen (secondary N) is 2. The summed E-state index contributed by atoms with van der Waals surface area (Å²) in [5.41, 5.74) is 1.57. The summed E-state index contributed by atoms with van der Waals surface area (Å²) in [6, 6.07) is 8.40. The summed E-state index contributed by atoms with van der Waals surface area (Å²) in [6.07, 6.45) is 5.33. The standard InChI is InChI=1S/C16H16N4O3/c21-16(18-10-11-5-7-17-8-6-11)12-1-4-14(19-13-2-3-13)15(9-12)20(22)23/h1,4-9,13,19H,2-3,10H2,(H,18,21). The van der Waals surface area contributed by atoms with Gasteiger partial charge in [-0.1, -0.05) is 0 Å². The molecule has 2 N–H and O–H groups in total. The van der Waals surface area contributed by atoms with Gasteiger partial charge in [-0.15, -0.1) is 0 Å². The summed E-state index contributed by atoms with van der Waals surface area (Å²) in [6.45, 7) is 0.344. The monoisotopic (exact) mass is 312 g/mol. The fourth-order valence-electron chi connectivity index (χ4n) is 2.18. The van der Waals surface area contributed by atoms with E-state index in [-0.39, 0.29) is 17.2 Å². The first kappa shape index (κ1) is 15.0. The maximum atomic E-state index is 12.2. The van der Waals surface area contributed by atoms with Crippen LogP contribution >= 0.6 is 0 Å². The summed E-state index contributed by atoms with van der Waals surface area (Å²) >= 11 is 0. The number of aromatic nitrogens is 1. The Morgan fingerprint density at radius 3 is 2.65 bits per heavy atom. The highest BCUT2D eigenvalue weighted by atomic mass is 16.6. The number of anilines is 1. The highest BCUT2D eigenvalue weighted by Crippen LogP contribution is 2.31. The van der Waals surface area contributed by atoms with Crippen LogP contribution in [-0.4, -0.2) is 21.9 Å². The average molecular weight is 312 g/mol. The van der Waals surface area contributed by atoms with E-state index in [4.69, 9.17) is 0 Å². The zero-order chi connectivity index (χ0) is 16.2. The Bertz CT molecular complexity index is 729. The molecule has 0 unspecified atom stereocenters. The molecule has 1 aliphatic carbocycles. The normalized spacial score (nSPS) is 13.4. The van der Waals surface area contributed by atoms with Gasteiger partial charge in [-0.05, 0) is 42.7 Å². The molecule has 1 aliphatic rings.